The van der Waals surface area contributed by atoms with Crippen molar-refractivity contribution in [3.63, 3.8) is 0 Å². The second kappa shape index (κ2) is 8.15. The lowest BCUT2D eigenvalue weighted by molar-refractivity contribution is -0.384. The van der Waals surface area contributed by atoms with Crippen molar-refractivity contribution in [2.75, 3.05) is 5.32 Å². The molecule has 0 spiro atoms. The van der Waals surface area contributed by atoms with Gasteiger partial charge in [-0.25, -0.2) is 10.2 Å². The number of carbonyl (C=O) groups is 1. The minimum atomic E-state index is -0.563. The van der Waals surface area contributed by atoms with E-state index in [4.69, 9.17) is 16.0 Å². The summed E-state index contributed by atoms with van der Waals surface area (Å²) in [6.45, 7) is 0. The number of urea groups is 1. The third-order valence-corrected chi connectivity index (χ3v) is 3.76. The summed E-state index contributed by atoms with van der Waals surface area (Å²) < 4.78 is 5.56. The standard InChI is InChI=1S/C18H13ClN4O4/c19-15-8-6-12(10-16(15)23(25)26)17-9-7-14(27-17)11-20-22-18(24)21-13-4-2-1-3-5-13/h1-11H,(H2,21,22,24)/b20-11+. The molecule has 0 saturated carbocycles. The number of anilines is 1. The molecule has 0 saturated heterocycles. The predicted octanol–water partition coefficient (Wildman–Crippen LogP) is 4.66. The summed E-state index contributed by atoms with van der Waals surface area (Å²) in [5, 5.41) is 17.4. The van der Waals surface area contributed by atoms with Gasteiger partial charge in [-0.15, -0.1) is 0 Å². The Bertz CT molecular complexity index is 1000. The molecule has 1 aromatic heterocycles. The van der Waals surface area contributed by atoms with Gasteiger partial charge >= 0.3 is 6.03 Å². The Morgan fingerprint density at radius 2 is 1.93 bits per heavy atom. The predicted molar refractivity (Wildman–Crippen MR) is 102 cm³/mol. The van der Waals surface area contributed by atoms with Crippen LogP contribution >= 0.6 is 11.6 Å². The SMILES string of the molecule is O=C(N/N=C/c1ccc(-c2ccc(Cl)c([N+](=O)[O-])c2)o1)Nc1ccccc1. The Kier molecular flexibility index (Phi) is 5.48. The van der Waals surface area contributed by atoms with Crippen LogP contribution in [0.1, 0.15) is 5.76 Å². The van der Waals surface area contributed by atoms with Crippen LogP contribution < -0.4 is 10.7 Å². The van der Waals surface area contributed by atoms with Crippen LogP contribution in [0.4, 0.5) is 16.2 Å². The van der Waals surface area contributed by atoms with Gasteiger partial charge in [0, 0.05) is 17.3 Å². The summed E-state index contributed by atoms with van der Waals surface area (Å²) in [6.07, 6.45) is 1.32. The van der Waals surface area contributed by atoms with Gasteiger partial charge in [0.2, 0.25) is 0 Å². The molecule has 8 nitrogen and oxygen atoms in total. The number of carbonyl (C=O) groups excluding carboxylic acids is 1. The smallest absolute Gasteiger partial charge is 0.339 e. The first kappa shape index (κ1) is 18.2. The molecule has 2 amide bonds. The number of benzene rings is 2. The van der Waals surface area contributed by atoms with Crippen LogP contribution in [0.15, 0.2) is 70.2 Å². The van der Waals surface area contributed by atoms with Gasteiger partial charge in [0.25, 0.3) is 5.69 Å². The molecule has 0 aliphatic rings. The lowest BCUT2D eigenvalue weighted by Gasteiger charge is -2.02. The van der Waals surface area contributed by atoms with E-state index in [0.717, 1.165) is 0 Å². The van der Waals surface area contributed by atoms with E-state index in [1.807, 2.05) is 6.07 Å². The summed E-state index contributed by atoms with van der Waals surface area (Å²) in [7, 11) is 0. The van der Waals surface area contributed by atoms with E-state index in [9.17, 15) is 14.9 Å². The molecule has 2 N–H and O–H groups in total. The largest absolute Gasteiger partial charge is 0.455 e. The highest BCUT2D eigenvalue weighted by atomic mass is 35.5. The van der Waals surface area contributed by atoms with Crippen molar-refractivity contribution in [1.29, 1.82) is 0 Å². The van der Waals surface area contributed by atoms with Crippen LogP contribution in [0.3, 0.4) is 0 Å². The highest BCUT2D eigenvalue weighted by molar-refractivity contribution is 6.32. The average molecular weight is 385 g/mol. The molecule has 3 aromatic rings. The van der Waals surface area contributed by atoms with Crippen LogP contribution in [0, 0.1) is 10.1 Å². The third-order valence-electron chi connectivity index (χ3n) is 3.44. The summed E-state index contributed by atoms with van der Waals surface area (Å²) in [5.74, 6) is 0.771. The lowest BCUT2D eigenvalue weighted by Crippen LogP contribution is -2.24. The Hall–Kier alpha value is -3.65. The molecule has 0 bridgehead atoms. The maximum atomic E-state index is 11.7. The van der Waals surface area contributed by atoms with E-state index in [2.05, 4.69) is 15.8 Å². The van der Waals surface area contributed by atoms with Gasteiger partial charge < -0.3 is 9.73 Å². The molecule has 0 aliphatic carbocycles. The number of nitro groups is 1. The number of hydrogen-bond donors (Lipinski definition) is 2. The summed E-state index contributed by atoms with van der Waals surface area (Å²) in [6, 6.07) is 16.0. The quantitative estimate of drug-likeness (QED) is 0.378. The highest BCUT2D eigenvalue weighted by Gasteiger charge is 2.15. The third kappa shape index (κ3) is 4.71. The number of nitrogens with one attached hydrogen (secondary N) is 2. The number of furan rings is 1. The fourth-order valence-corrected chi connectivity index (χ4v) is 2.40. The van der Waals surface area contributed by atoms with Crippen molar-refractivity contribution in [1.82, 2.24) is 5.43 Å². The zero-order chi connectivity index (χ0) is 19.2. The zero-order valence-corrected chi connectivity index (χ0v) is 14.5. The molecule has 9 heteroatoms. The van der Waals surface area contributed by atoms with Gasteiger partial charge in [0.05, 0.1) is 11.1 Å². The Labute approximate surface area is 158 Å². The van der Waals surface area contributed by atoms with Gasteiger partial charge in [0.1, 0.15) is 16.5 Å². The van der Waals surface area contributed by atoms with E-state index < -0.39 is 11.0 Å². The van der Waals surface area contributed by atoms with Gasteiger partial charge in [0.15, 0.2) is 0 Å². The maximum Gasteiger partial charge on any atom is 0.339 e. The second-order valence-electron chi connectivity index (χ2n) is 5.32. The summed E-state index contributed by atoms with van der Waals surface area (Å²) >= 11 is 5.80. The topological polar surface area (TPSA) is 110 Å². The number of nitro benzene ring substituents is 1. The number of amides is 2. The number of rotatable bonds is 5. The minimum Gasteiger partial charge on any atom is -0.455 e. The first-order chi connectivity index (χ1) is 13.0. The molecular weight excluding hydrogens is 372 g/mol. The Morgan fingerprint density at radius 1 is 1.15 bits per heavy atom. The van der Waals surface area contributed by atoms with Crippen molar-refractivity contribution in [2.45, 2.75) is 0 Å². The van der Waals surface area contributed by atoms with Crippen molar-refractivity contribution in [3.8, 4) is 11.3 Å². The number of halogens is 1. The van der Waals surface area contributed by atoms with Crippen LogP contribution in [-0.4, -0.2) is 17.2 Å². The summed E-state index contributed by atoms with van der Waals surface area (Å²) in [5.41, 5.74) is 3.24. The van der Waals surface area contributed by atoms with Gasteiger partial charge in [-0.1, -0.05) is 29.8 Å². The van der Waals surface area contributed by atoms with Crippen LogP contribution in [0.5, 0.6) is 0 Å². The van der Waals surface area contributed by atoms with E-state index in [1.54, 1.807) is 42.5 Å². The van der Waals surface area contributed by atoms with E-state index in [1.165, 1.54) is 18.3 Å². The molecule has 0 atom stereocenters. The second-order valence-corrected chi connectivity index (χ2v) is 5.72. The monoisotopic (exact) mass is 384 g/mol. The van der Waals surface area contributed by atoms with Gasteiger partial charge in [-0.2, -0.15) is 5.10 Å². The number of hydrogen-bond acceptors (Lipinski definition) is 5. The molecule has 136 valence electrons. The minimum absolute atomic E-state index is 0.0470. The molecular formula is C18H13ClN4O4. The van der Waals surface area contributed by atoms with Crippen molar-refractivity contribution in [3.05, 3.63) is 81.6 Å². The molecule has 0 radical (unpaired) electrons. The molecule has 27 heavy (non-hydrogen) atoms. The van der Waals surface area contributed by atoms with Crippen molar-refractivity contribution in [2.24, 2.45) is 5.10 Å². The Morgan fingerprint density at radius 3 is 2.67 bits per heavy atom. The number of hydrazone groups is 1. The average Bonchev–Trinajstić information content (AvgIpc) is 3.11. The molecule has 3 rings (SSSR count). The number of nitrogens with zero attached hydrogens (tertiary/aromatic N) is 2. The normalized spacial score (nSPS) is 10.7. The zero-order valence-electron chi connectivity index (χ0n) is 13.8. The van der Waals surface area contributed by atoms with Crippen LogP contribution in [-0.2, 0) is 0 Å². The molecule has 0 unspecified atom stereocenters. The van der Waals surface area contributed by atoms with E-state index in [0.29, 0.717) is 22.8 Å². The maximum absolute atomic E-state index is 11.7. The highest BCUT2D eigenvalue weighted by Crippen LogP contribution is 2.30. The van der Waals surface area contributed by atoms with Crippen molar-refractivity contribution < 1.29 is 14.1 Å². The molecule has 1 heterocycles. The van der Waals surface area contributed by atoms with E-state index >= 15 is 0 Å². The first-order valence-corrected chi connectivity index (χ1v) is 8.10. The first-order valence-electron chi connectivity index (χ1n) is 7.72. The van der Waals surface area contributed by atoms with Crippen LogP contribution in [0.25, 0.3) is 11.3 Å². The molecule has 0 fully saturated rings. The van der Waals surface area contributed by atoms with Gasteiger partial charge in [-0.05, 0) is 36.4 Å². The summed E-state index contributed by atoms with van der Waals surface area (Å²) in [4.78, 5) is 22.1. The fraction of sp³-hybridized carbons (Fsp3) is 0. The lowest BCUT2D eigenvalue weighted by atomic mass is 10.1. The Balaban J connectivity index is 1.64. The van der Waals surface area contributed by atoms with E-state index in [-0.39, 0.29) is 10.7 Å². The fourth-order valence-electron chi connectivity index (χ4n) is 2.22. The van der Waals surface area contributed by atoms with Crippen molar-refractivity contribution >= 4 is 35.2 Å². The number of para-hydroxylation sites is 1. The van der Waals surface area contributed by atoms with Gasteiger partial charge in [-0.3, -0.25) is 10.1 Å². The van der Waals surface area contributed by atoms with Crippen LogP contribution in [0.2, 0.25) is 5.02 Å². The molecule has 0 aliphatic heterocycles. The molecule has 2 aromatic carbocycles.